The summed E-state index contributed by atoms with van der Waals surface area (Å²) in [5.41, 5.74) is 1.72. The molecule has 0 saturated carbocycles. The minimum absolute atomic E-state index is 0.0704. The van der Waals surface area contributed by atoms with Crippen molar-refractivity contribution in [2.75, 3.05) is 11.9 Å². The quantitative estimate of drug-likeness (QED) is 0.714. The van der Waals surface area contributed by atoms with Crippen molar-refractivity contribution in [3.63, 3.8) is 0 Å². The molecular formula is C15H15N5O3. The first kappa shape index (κ1) is 14.9. The fourth-order valence-electron chi connectivity index (χ4n) is 2.08. The number of carbonyl (C=O) groups is 1. The van der Waals surface area contributed by atoms with E-state index in [0.717, 1.165) is 5.69 Å². The lowest BCUT2D eigenvalue weighted by Gasteiger charge is -2.07. The van der Waals surface area contributed by atoms with Crippen LogP contribution in [0.1, 0.15) is 28.9 Å². The molecule has 8 heteroatoms. The van der Waals surface area contributed by atoms with Crippen LogP contribution in [0.4, 0.5) is 5.82 Å². The fraction of sp³-hybridized carbons (Fsp3) is 0.267. The van der Waals surface area contributed by atoms with Gasteiger partial charge >= 0.3 is 5.97 Å². The molecule has 3 heterocycles. The van der Waals surface area contributed by atoms with Crippen molar-refractivity contribution < 1.29 is 14.1 Å². The summed E-state index contributed by atoms with van der Waals surface area (Å²) >= 11 is 0. The van der Waals surface area contributed by atoms with Crippen LogP contribution in [0.15, 0.2) is 28.9 Å². The summed E-state index contributed by atoms with van der Waals surface area (Å²) in [4.78, 5) is 24.4. The summed E-state index contributed by atoms with van der Waals surface area (Å²) in [6.07, 6.45) is 1.71. The molecule has 3 aromatic rings. The molecule has 0 fully saturated rings. The number of esters is 1. The lowest BCUT2D eigenvalue weighted by atomic mass is 10.3. The molecule has 0 spiro atoms. The number of fused-ring (bicyclic) bond motifs is 1. The molecule has 0 amide bonds. The Morgan fingerprint density at radius 3 is 2.96 bits per heavy atom. The molecule has 8 nitrogen and oxygen atoms in total. The van der Waals surface area contributed by atoms with E-state index < -0.39 is 5.97 Å². The number of carbonyl (C=O) groups excluding carboxylic acids is 1. The van der Waals surface area contributed by atoms with Crippen LogP contribution in [-0.4, -0.2) is 32.7 Å². The van der Waals surface area contributed by atoms with Gasteiger partial charge in [-0.1, -0.05) is 11.2 Å². The first-order chi connectivity index (χ1) is 11.2. The summed E-state index contributed by atoms with van der Waals surface area (Å²) in [5, 5.41) is 7.65. The largest absolute Gasteiger partial charge is 0.460 e. The van der Waals surface area contributed by atoms with E-state index in [2.05, 4.69) is 25.4 Å². The second-order valence-electron chi connectivity index (χ2n) is 4.74. The van der Waals surface area contributed by atoms with E-state index >= 15 is 0 Å². The van der Waals surface area contributed by atoms with Crippen LogP contribution in [0, 0.1) is 6.92 Å². The van der Waals surface area contributed by atoms with Gasteiger partial charge in [-0.25, -0.2) is 9.78 Å². The normalized spacial score (nSPS) is 10.7. The SMILES string of the molecule is CCOC(=O)c1nc(NCc2ccccn2)c2c(C)noc2n1. The zero-order chi connectivity index (χ0) is 16.2. The van der Waals surface area contributed by atoms with Crippen LogP contribution in [0.25, 0.3) is 11.1 Å². The van der Waals surface area contributed by atoms with Gasteiger partial charge in [0.25, 0.3) is 5.71 Å². The van der Waals surface area contributed by atoms with Gasteiger partial charge in [-0.2, -0.15) is 4.98 Å². The Morgan fingerprint density at radius 2 is 2.22 bits per heavy atom. The van der Waals surface area contributed by atoms with E-state index in [9.17, 15) is 4.79 Å². The Labute approximate surface area is 131 Å². The first-order valence-corrected chi connectivity index (χ1v) is 7.14. The van der Waals surface area contributed by atoms with Crippen LogP contribution in [0.3, 0.4) is 0 Å². The summed E-state index contributed by atoms with van der Waals surface area (Å²) in [6, 6.07) is 5.63. The van der Waals surface area contributed by atoms with E-state index in [1.54, 1.807) is 20.0 Å². The van der Waals surface area contributed by atoms with Crippen LogP contribution in [0.5, 0.6) is 0 Å². The number of hydrogen-bond acceptors (Lipinski definition) is 8. The number of aromatic nitrogens is 4. The number of aryl methyl sites for hydroxylation is 1. The second-order valence-corrected chi connectivity index (χ2v) is 4.74. The highest BCUT2D eigenvalue weighted by molar-refractivity contribution is 5.93. The monoisotopic (exact) mass is 313 g/mol. The van der Waals surface area contributed by atoms with E-state index in [4.69, 9.17) is 9.26 Å². The maximum atomic E-state index is 11.9. The molecule has 0 unspecified atom stereocenters. The summed E-state index contributed by atoms with van der Waals surface area (Å²) in [5.74, 6) is -0.217. The summed E-state index contributed by atoms with van der Waals surface area (Å²) < 4.78 is 10.1. The Morgan fingerprint density at radius 1 is 1.35 bits per heavy atom. The molecule has 0 aliphatic heterocycles. The third kappa shape index (κ3) is 3.10. The number of anilines is 1. The molecule has 3 aromatic heterocycles. The van der Waals surface area contributed by atoms with Gasteiger partial charge in [0.1, 0.15) is 11.2 Å². The number of rotatable bonds is 5. The third-order valence-electron chi connectivity index (χ3n) is 3.13. The minimum atomic E-state index is -0.607. The van der Waals surface area contributed by atoms with Gasteiger partial charge in [0.2, 0.25) is 5.82 Å². The predicted molar refractivity (Wildman–Crippen MR) is 81.9 cm³/mol. The van der Waals surface area contributed by atoms with Gasteiger partial charge in [0, 0.05) is 6.20 Å². The smallest absolute Gasteiger partial charge is 0.376 e. The Bertz CT molecular complexity index is 832. The first-order valence-electron chi connectivity index (χ1n) is 7.14. The van der Waals surface area contributed by atoms with Crippen LogP contribution < -0.4 is 5.32 Å². The van der Waals surface area contributed by atoms with Gasteiger partial charge in [-0.3, -0.25) is 4.98 Å². The molecular weight excluding hydrogens is 298 g/mol. The number of ether oxygens (including phenoxy) is 1. The standard InChI is InChI=1S/C15H15N5O3/c1-3-22-15(21)13-18-12(11-9(2)20-23-14(11)19-13)17-8-10-6-4-5-7-16-10/h4-7H,3,8H2,1-2H3,(H,17,18,19). The second kappa shape index (κ2) is 6.39. The molecule has 0 atom stereocenters. The number of pyridine rings is 1. The molecule has 0 radical (unpaired) electrons. The molecule has 0 aliphatic rings. The zero-order valence-corrected chi connectivity index (χ0v) is 12.7. The molecule has 0 bridgehead atoms. The van der Waals surface area contributed by atoms with Gasteiger partial charge < -0.3 is 14.6 Å². The Kier molecular flexibility index (Phi) is 4.13. The van der Waals surface area contributed by atoms with E-state index in [-0.39, 0.29) is 18.1 Å². The molecule has 3 rings (SSSR count). The topological polar surface area (TPSA) is 103 Å². The molecule has 118 valence electrons. The number of nitrogens with one attached hydrogen (secondary N) is 1. The van der Waals surface area contributed by atoms with Crippen molar-refractivity contribution in [1.82, 2.24) is 20.1 Å². The maximum absolute atomic E-state index is 11.9. The summed E-state index contributed by atoms with van der Waals surface area (Å²) in [6.45, 7) is 4.19. The van der Waals surface area contributed by atoms with Crippen molar-refractivity contribution in [2.24, 2.45) is 0 Å². The van der Waals surface area contributed by atoms with Crippen LogP contribution in [-0.2, 0) is 11.3 Å². The van der Waals surface area contributed by atoms with Crippen molar-refractivity contribution in [2.45, 2.75) is 20.4 Å². The Hall–Kier alpha value is -3.03. The minimum Gasteiger partial charge on any atom is -0.460 e. The highest BCUT2D eigenvalue weighted by Gasteiger charge is 2.19. The van der Waals surface area contributed by atoms with Gasteiger partial charge in [-0.05, 0) is 26.0 Å². The van der Waals surface area contributed by atoms with E-state index in [1.165, 1.54) is 0 Å². The van der Waals surface area contributed by atoms with Crippen LogP contribution >= 0.6 is 0 Å². The van der Waals surface area contributed by atoms with E-state index in [1.807, 2.05) is 18.2 Å². The van der Waals surface area contributed by atoms with Crippen molar-refractivity contribution >= 4 is 22.9 Å². The number of hydrogen-bond donors (Lipinski definition) is 1. The molecule has 0 aromatic carbocycles. The maximum Gasteiger partial charge on any atom is 0.376 e. The lowest BCUT2D eigenvalue weighted by Crippen LogP contribution is -2.12. The van der Waals surface area contributed by atoms with Crippen molar-refractivity contribution in [1.29, 1.82) is 0 Å². The summed E-state index contributed by atoms with van der Waals surface area (Å²) in [7, 11) is 0. The van der Waals surface area contributed by atoms with Crippen molar-refractivity contribution in [3.05, 3.63) is 41.6 Å². The van der Waals surface area contributed by atoms with Gasteiger partial charge in [0.15, 0.2) is 0 Å². The van der Waals surface area contributed by atoms with Crippen LogP contribution in [0.2, 0.25) is 0 Å². The van der Waals surface area contributed by atoms with Gasteiger partial charge in [-0.15, -0.1) is 0 Å². The third-order valence-corrected chi connectivity index (χ3v) is 3.13. The van der Waals surface area contributed by atoms with Crippen molar-refractivity contribution in [3.8, 4) is 0 Å². The average Bonchev–Trinajstić information content (AvgIpc) is 2.95. The lowest BCUT2D eigenvalue weighted by molar-refractivity contribution is 0.0512. The molecule has 23 heavy (non-hydrogen) atoms. The van der Waals surface area contributed by atoms with E-state index in [0.29, 0.717) is 23.4 Å². The highest BCUT2D eigenvalue weighted by atomic mass is 16.5. The highest BCUT2D eigenvalue weighted by Crippen LogP contribution is 2.24. The Balaban J connectivity index is 1.96. The average molecular weight is 313 g/mol. The molecule has 0 aliphatic carbocycles. The fourth-order valence-corrected chi connectivity index (χ4v) is 2.08. The number of nitrogens with zero attached hydrogens (tertiary/aromatic N) is 4. The predicted octanol–water partition coefficient (Wildman–Crippen LogP) is 2.11. The van der Waals surface area contributed by atoms with Gasteiger partial charge in [0.05, 0.1) is 24.5 Å². The molecule has 1 N–H and O–H groups in total. The molecule has 0 saturated heterocycles. The zero-order valence-electron chi connectivity index (χ0n) is 12.7.